The first-order chi connectivity index (χ1) is 14.3. The molecule has 0 radical (unpaired) electrons. The van der Waals surface area contributed by atoms with Gasteiger partial charge in [-0.1, -0.05) is 29.4 Å². The summed E-state index contributed by atoms with van der Waals surface area (Å²) in [6, 6.07) is 7.79. The molecular formula is C21H21N5O3S. The van der Waals surface area contributed by atoms with E-state index in [0.717, 1.165) is 11.1 Å². The second kappa shape index (κ2) is 7.83. The predicted octanol–water partition coefficient (Wildman–Crippen LogP) is 3.32. The summed E-state index contributed by atoms with van der Waals surface area (Å²) in [7, 11) is 0. The second-order valence-electron chi connectivity index (χ2n) is 7.37. The van der Waals surface area contributed by atoms with Crippen LogP contribution in [0.4, 0.5) is 0 Å². The quantitative estimate of drug-likeness (QED) is 0.528. The van der Waals surface area contributed by atoms with Gasteiger partial charge in [-0.3, -0.25) is 14.2 Å². The Bertz CT molecular complexity index is 1300. The maximum absolute atomic E-state index is 13.0. The Morgan fingerprint density at radius 3 is 2.77 bits per heavy atom. The molecule has 0 saturated heterocycles. The standard InChI is InChI=1S/C21H21N5O3S/c1-11(2)23-15(27)9-26-10-22-20-16(21(26)28)13(4)17(30-20)19-24-18(25-29-19)14-8-6-5-7-12(14)3/h5-8,10-11H,9H2,1-4H3,(H,23,27). The zero-order chi connectivity index (χ0) is 21.4. The van der Waals surface area contributed by atoms with Gasteiger partial charge in [-0.25, -0.2) is 4.98 Å². The molecular weight excluding hydrogens is 402 g/mol. The fraction of sp³-hybridized carbons (Fsp3) is 0.286. The first-order valence-electron chi connectivity index (χ1n) is 9.53. The van der Waals surface area contributed by atoms with Crippen LogP contribution >= 0.6 is 11.3 Å². The van der Waals surface area contributed by atoms with Crippen LogP contribution in [0.3, 0.4) is 0 Å². The Kier molecular flexibility index (Phi) is 5.21. The lowest BCUT2D eigenvalue weighted by Crippen LogP contribution is -2.36. The third kappa shape index (κ3) is 3.63. The normalized spacial score (nSPS) is 11.4. The third-order valence-electron chi connectivity index (χ3n) is 4.69. The molecule has 0 aliphatic rings. The summed E-state index contributed by atoms with van der Waals surface area (Å²) in [5.41, 5.74) is 2.38. The van der Waals surface area contributed by atoms with E-state index in [0.29, 0.717) is 32.4 Å². The molecule has 9 heteroatoms. The van der Waals surface area contributed by atoms with Gasteiger partial charge in [-0.05, 0) is 38.8 Å². The number of benzene rings is 1. The number of carbonyl (C=O) groups excluding carboxylic acids is 1. The molecule has 3 heterocycles. The molecule has 4 rings (SSSR count). The zero-order valence-electron chi connectivity index (χ0n) is 17.1. The van der Waals surface area contributed by atoms with Gasteiger partial charge >= 0.3 is 0 Å². The molecule has 0 spiro atoms. The van der Waals surface area contributed by atoms with E-state index in [2.05, 4.69) is 20.4 Å². The summed E-state index contributed by atoms with van der Waals surface area (Å²) in [5, 5.41) is 7.35. The zero-order valence-corrected chi connectivity index (χ0v) is 17.9. The molecule has 30 heavy (non-hydrogen) atoms. The number of nitrogens with one attached hydrogen (secondary N) is 1. The minimum Gasteiger partial charge on any atom is -0.352 e. The van der Waals surface area contributed by atoms with Crippen LogP contribution in [0.25, 0.3) is 32.4 Å². The number of hydrogen-bond donors (Lipinski definition) is 1. The van der Waals surface area contributed by atoms with Crippen molar-refractivity contribution in [3.05, 3.63) is 52.1 Å². The van der Waals surface area contributed by atoms with Gasteiger partial charge in [0.05, 0.1) is 16.6 Å². The van der Waals surface area contributed by atoms with E-state index in [1.54, 1.807) is 0 Å². The highest BCUT2D eigenvalue weighted by atomic mass is 32.1. The molecule has 3 aromatic heterocycles. The van der Waals surface area contributed by atoms with Crippen LogP contribution in [0.5, 0.6) is 0 Å². The lowest BCUT2D eigenvalue weighted by molar-refractivity contribution is -0.122. The van der Waals surface area contributed by atoms with Crippen LogP contribution in [0.1, 0.15) is 25.0 Å². The highest BCUT2D eigenvalue weighted by molar-refractivity contribution is 7.22. The number of thiophene rings is 1. The minimum absolute atomic E-state index is 0.000599. The summed E-state index contributed by atoms with van der Waals surface area (Å²) in [6.45, 7) is 7.47. The fourth-order valence-electron chi connectivity index (χ4n) is 3.25. The van der Waals surface area contributed by atoms with Crippen molar-refractivity contribution in [3.8, 4) is 22.2 Å². The lowest BCUT2D eigenvalue weighted by Gasteiger charge is -2.09. The number of nitrogens with zero attached hydrogens (tertiary/aromatic N) is 4. The van der Waals surface area contributed by atoms with Crippen LogP contribution in [0, 0.1) is 13.8 Å². The molecule has 0 aliphatic carbocycles. The van der Waals surface area contributed by atoms with E-state index >= 15 is 0 Å². The van der Waals surface area contributed by atoms with Crippen molar-refractivity contribution in [3.63, 3.8) is 0 Å². The summed E-state index contributed by atoms with van der Waals surface area (Å²) in [4.78, 5) is 35.2. The molecule has 154 valence electrons. The number of fused-ring (bicyclic) bond motifs is 1. The lowest BCUT2D eigenvalue weighted by atomic mass is 10.1. The topological polar surface area (TPSA) is 103 Å². The van der Waals surface area contributed by atoms with E-state index in [9.17, 15) is 9.59 Å². The molecule has 1 aromatic carbocycles. The predicted molar refractivity (Wildman–Crippen MR) is 115 cm³/mol. The van der Waals surface area contributed by atoms with E-state index < -0.39 is 0 Å². The monoisotopic (exact) mass is 423 g/mol. The highest BCUT2D eigenvalue weighted by Crippen LogP contribution is 2.35. The van der Waals surface area contributed by atoms with Gasteiger partial charge in [0.25, 0.3) is 11.4 Å². The largest absolute Gasteiger partial charge is 0.352 e. The van der Waals surface area contributed by atoms with E-state index in [-0.39, 0.29) is 24.1 Å². The SMILES string of the molecule is Cc1ccccc1-c1noc(-c2sc3ncn(CC(=O)NC(C)C)c(=O)c3c2C)n1. The maximum Gasteiger partial charge on any atom is 0.268 e. The smallest absolute Gasteiger partial charge is 0.268 e. The number of hydrogen-bond acceptors (Lipinski definition) is 7. The molecule has 0 fully saturated rings. The van der Waals surface area contributed by atoms with E-state index in [1.807, 2.05) is 52.0 Å². The first-order valence-corrected chi connectivity index (χ1v) is 10.3. The van der Waals surface area contributed by atoms with E-state index in [4.69, 9.17) is 4.52 Å². The number of carbonyl (C=O) groups is 1. The van der Waals surface area contributed by atoms with Gasteiger partial charge in [0.15, 0.2) is 0 Å². The molecule has 4 aromatic rings. The van der Waals surface area contributed by atoms with Crippen molar-refractivity contribution in [2.24, 2.45) is 0 Å². The number of rotatable bonds is 5. The Hall–Kier alpha value is -3.33. The van der Waals surface area contributed by atoms with Gasteiger partial charge < -0.3 is 9.84 Å². The van der Waals surface area contributed by atoms with Crippen LogP contribution in [0.15, 0.2) is 39.9 Å². The summed E-state index contributed by atoms with van der Waals surface area (Å²) in [5.74, 6) is 0.606. The van der Waals surface area contributed by atoms with Gasteiger partial charge in [-0.2, -0.15) is 4.98 Å². The van der Waals surface area contributed by atoms with Crippen molar-refractivity contribution >= 4 is 27.5 Å². The van der Waals surface area contributed by atoms with Crippen LogP contribution in [-0.4, -0.2) is 31.6 Å². The molecule has 0 unspecified atom stereocenters. The van der Waals surface area contributed by atoms with Crippen LogP contribution in [-0.2, 0) is 11.3 Å². The molecule has 1 amide bonds. The van der Waals surface area contributed by atoms with Crippen molar-refractivity contribution in [2.45, 2.75) is 40.3 Å². The molecule has 0 atom stereocenters. The van der Waals surface area contributed by atoms with Crippen molar-refractivity contribution in [2.75, 3.05) is 0 Å². The van der Waals surface area contributed by atoms with E-state index in [1.165, 1.54) is 22.2 Å². The Morgan fingerprint density at radius 2 is 2.03 bits per heavy atom. The van der Waals surface area contributed by atoms with Crippen molar-refractivity contribution in [1.82, 2.24) is 25.0 Å². The third-order valence-corrected chi connectivity index (χ3v) is 5.87. The van der Waals surface area contributed by atoms with Crippen molar-refractivity contribution in [1.29, 1.82) is 0 Å². The molecule has 0 aliphatic heterocycles. The Morgan fingerprint density at radius 1 is 1.27 bits per heavy atom. The fourth-order valence-corrected chi connectivity index (χ4v) is 4.31. The molecule has 0 saturated carbocycles. The van der Waals surface area contributed by atoms with Gasteiger partial charge in [0, 0.05) is 11.6 Å². The number of aromatic nitrogens is 4. The van der Waals surface area contributed by atoms with Crippen LogP contribution < -0.4 is 10.9 Å². The summed E-state index contributed by atoms with van der Waals surface area (Å²) in [6.07, 6.45) is 1.40. The number of aryl methyl sites for hydroxylation is 2. The Labute approximate surface area is 176 Å². The second-order valence-corrected chi connectivity index (χ2v) is 8.37. The average molecular weight is 423 g/mol. The van der Waals surface area contributed by atoms with Crippen LogP contribution in [0.2, 0.25) is 0 Å². The molecule has 0 bridgehead atoms. The summed E-state index contributed by atoms with van der Waals surface area (Å²) < 4.78 is 6.81. The van der Waals surface area contributed by atoms with Gasteiger partial charge in [-0.15, -0.1) is 11.3 Å². The molecule has 8 nitrogen and oxygen atoms in total. The minimum atomic E-state index is -0.266. The highest BCUT2D eigenvalue weighted by Gasteiger charge is 2.21. The average Bonchev–Trinajstić information content (AvgIpc) is 3.29. The number of amides is 1. The van der Waals surface area contributed by atoms with Gasteiger partial charge in [0.2, 0.25) is 11.7 Å². The Balaban J connectivity index is 1.73. The van der Waals surface area contributed by atoms with Crippen molar-refractivity contribution < 1.29 is 9.32 Å². The first kappa shape index (κ1) is 20.0. The van der Waals surface area contributed by atoms with Gasteiger partial charge in [0.1, 0.15) is 11.4 Å². The summed E-state index contributed by atoms with van der Waals surface area (Å²) >= 11 is 1.32. The molecule has 1 N–H and O–H groups in total. The maximum atomic E-state index is 13.0.